The number of hydrogen-bond donors (Lipinski definition) is 1. The molecule has 0 unspecified atom stereocenters. The Kier molecular flexibility index (Phi) is 8.47. The third-order valence-corrected chi connectivity index (χ3v) is 4.70. The predicted octanol–water partition coefficient (Wildman–Crippen LogP) is 3.59. The summed E-state index contributed by atoms with van der Waals surface area (Å²) in [6.45, 7) is 5.61. The summed E-state index contributed by atoms with van der Waals surface area (Å²) >= 11 is 1.73. The van der Waals surface area contributed by atoms with Gasteiger partial charge in [-0.25, -0.2) is 4.98 Å². The SMILES string of the molecule is CN=C(NCc1nc(C)c(C)s1)N(C)Cc1ccc(OC)cc1.I. The van der Waals surface area contributed by atoms with Gasteiger partial charge in [-0.2, -0.15) is 0 Å². The topological polar surface area (TPSA) is 49.8 Å². The number of aryl methyl sites for hydroxylation is 2. The number of nitrogens with zero attached hydrogens (tertiary/aromatic N) is 3. The fraction of sp³-hybridized carbons (Fsp3) is 0.412. The van der Waals surface area contributed by atoms with Crippen molar-refractivity contribution in [1.82, 2.24) is 15.2 Å². The second-order valence-electron chi connectivity index (χ2n) is 5.35. The normalized spacial score (nSPS) is 11.0. The maximum atomic E-state index is 5.19. The second-order valence-corrected chi connectivity index (χ2v) is 6.64. The number of guanidine groups is 1. The van der Waals surface area contributed by atoms with Gasteiger partial charge in [0, 0.05) is 25.5 Å². The molecule has 0 aliphatic carbocycles. The van der Waals surface area contributed by atoms with Crippen LogP contribution in [0.2, 0.25) is 0 Å². The Balaban J connectivity index is 0.00000288. The van der Waals surface area contributed by atoms with Crippen LogP contribution in [-0.4, -0.2) is 37.0 Å². The number of thiazole rings is 1. The molecular weight excluding hydrogens is 435 g/mol. The minimum absolute atomic E-state index is 0. The summed E-state index contributed by atoms with van der Waals surface area (Å²) in [5, 5.41) is 4.45. The first-order chi connectivity index (χ1) is 11.0. The molecule has 0 aliphatic rings. The van der Waals surface area contributed by atoms with Gasteiger partial charge in [0.15, 0.2) is 5.96 Å². The molecule has 1 aromatic heterocycles. The average Bonchev–Trinajstić information content (AvgIpc) is 2.87. The minimum Gasteiger partial charge on any atom is -0.497 e. The van der Waals surface area contributed by atoms with Crippen LogP contribution < -0.4 is 10.1 Å². The van der Waals surface area contributed by atoms with Gasteiger partial charge >= 0.3 is 0 Å². The van der Waals surface area contributed by atoms with Gasteiger partial charge in [0.2, 0.25) is 0 Å². The molecule has 0 fully saturated rings. The van der Waals surface area contributed by atoms with Gasteiger partial charge in [0.1, 0.15) is 10.8 Å². The zero-order valence-corrected chi connectivity index (χ0v) is 17.9. The Labute approximate surface area is 165 Å². The first-order valence-corrected chi connectivity index (χ1v) is 8.32. The lowest BCUT2D eigenvalue weighted by molar-refractivity contribution is 0.414. The van der Waals surface area contributed by atoms with E-state index in [1.165, 1.54) is 10.4 Å². The summed E-state index contributed by atoms with van der Waals surface area (Å²) < 4.78 is 5.19. The molecule has 0 saturated heterocycles. The molecule has 2 rings (SSSR count). The van der Waals surface area contributed by atoms with Crippen molar-refractivity contribution in [2.45, 2.75) is 26.9 Å². The molecular formula is C17H25IN4OS. The number of benzene rings is 1. The maximum Gasteiger partial charge on any atom is 0.194 e. The molecule has 2 aromatic rings. The van der Waals surface area contributed by atoms with Gasteiger partial charge in [-0.1, -0.05) is 12.1 Å². The minimum atomic E-state index is 0. The predicted molar refractivity (Wildman–Crippen MR) is 112 cm³/mol. The van der Waals surface area contributed by atoms with Crippen LogP contribution in [0.1, 0.15) is 21.1 Å². The lowest BCUT2D eigenvalue weighted by Gasteiger charge is -2.22. The molecule has 132 valence electrons. The monoisotopic (exact) mass is 460 g/mol. The van der Waals surface area contributed by atoms with Crippen LogP contribution in [0.4, 0.5) is 0 Å². The summed E-state index contributed by atoms with van der Waals surface area (Å²) in [5.41, 5.74) is 2.31. The molecule has 0 amide bonds. The number of ether oxygens (including phenoxy) is 1. The number of hydrogen-bond acceptors (Lipinski definition) is 4. The van der Waals surface area contributed by atoms with E-state index in [4.69, 9.17) is 4.74 Å². The van der Waals surface area contributed by atoms with Crippen LogP contribution in [0.25, 0.3) is 0 Å². The van der Waals surface area contributed by atoms with Crippen molar-refractivity contribution in [1.29, 1.82) is 0 Å². The smallest absolute Gasteiger partial charge is 0.194 e. The zero-order chi connectivity index (χ0) is 16.8. The lowest BCUT2D eigenvalue weighted by Crippen LogP contribution is -2.38. The maximum absolute atomic E-state index is 5.19. The number of halogens is 1. The fourth-order valence-electron chi connectivity index (χ4n) is 2.23. The molecule has 7 heteroatoms. The molecule has 0 saturated carbocycles. The van der Waals surface area contributed by atoms with Crippen LogP contribution in [0.5, 0.6) is 5.75 Å². The molecule has 1 aromatic carbocycles. The van der Waals surface area contributed by atoms with E-state index < -0.39 is 0 Å². The van der Waals surface area contributed by atoms with Gasteiger partial charge in [0.25, 0.3) is 0 Å². The number of aromatic nitrogens is 1. The van der Waals surface area contributed by atoms with Crippen molar-refractivity contribution >= 4 is 41.3 Å². The van der Waals surface area contributed by atoms with E-state index >= 15 is 0 Å². The second kappa shape index (κ2) is 9.83. The van der Waals surface area contributed by atoms with E-state index in [1.54, 1.807) is 25.5 Å². The van der Waals surface area contributed by atoms with Crippen molar-refractivity contribution < 1.29 is 4.74 Å². The van der Waals surface area contributed by atoms with Crippen LogP contribution in [-0.2, 0) is 13.1 Å². The van der Waals surface area contributed by atoms with E-state index in [2.05, 4.69) is 39.2 Å². The summed E-state index contributed by atoms with van der Waals surface area (Å²) in [6.07, 6.45) is 0. The van der Waals surface area contributed by atoms with Crippen LogP contribution in [0, 0.1) is 13.8 Å². The molecule has 0 aliphatic heterocycles. The van der Waals surface area contributed by atoms with Crippen LogP contribution in [0.3, 0.4) is 0 Å². The van der Waals surface area contributed by atoms with Crippen molar-refractivity contribution in [2.24, 2.45) is 4.99 Å². The molecule has 0 atom stereocenters. The molecule has 0 spiro atoms. The van der Waals surface area contributed by atoms with Crippen molar-refractivity contribution in [2.75, 3.05) is 21.2 Å². The van der Waals surface area contributed by atoms with Crippen molar-refractivity contribution in [3.05, 3.63) is 45.4 Å². The van der Waals surface area contributed by atoms with Crippen LogP contribution >= 0.6 is 35.3 Å². The van der Waals surface area contributed by atoms with E-state index in [1.807, 2.05) is 26.1 Å². The Morgan fingerprint density at radius 3 is 2.46 bits per heavy atom. The number of methoxy groups -OCH3 is 1. The molecule has 0 bridgehead atoms. The van der Waals surface area contributed by atoms with E-state index in [0.717, 1.165) is 29.0 Å². The third kappa shape index (κ3) is 5.62. The van der Waals surface area contributed by atoms with Gasteiger partial charge in [0.05, 0.1) is 19.3 Å². The van der Waals surface area contributed by atoms with Gasteiger partial charge < -0.3 is 15.0 Å². The van der Waals surface area contributed by atoms with Crippen molar-refractivity contribution in [3.8, 4) is 5.75 Å². The highest BCUT2D eigenvalue weighted by Gasteiger charge is 2.09. The van der Waals surface area contributed by atoms with Gasteiger partial charge in [-0.3, -0.25) is 4.99 Å². The van der Waals surface area contributed by atoms with Crippen molar-refractivity contribution in [3.63, 3.8) is 0 Å². The number of nitrogens with one attached hydrogen (secondary N) is 1. The Hall–Kier alpha value is -1.35. The summed E-state index contributed by atoms with van der Waals surface area (Å²) in [6, 6.07) is 8.08. The van der Waals surface area contributed by atoms with Crippen LogP contribution in [0.15, 0.2) is 29.3 Å². The largest absolute Gasteiger partial charge is 0.497 e. The van der Waals surface area contributed by atoms with Gasteiger partial charge in [-0.15, -0.1) is 35.3 Å². The van der Waals surface area contributed by atoms with E-state index in [-0.39, 0.29) is 24.0 Å². The first-order valence-electron chi connectivity index (χ1n) is 7.51. The highest BCUT2D eigenvalue weighted by Crippen LogP contribution is 2.16. The third-order valence-electron chi connectivity index (χ3n) is 3.62. The molecule has 1 heterocycles. The van der Waals surface area contributed by atoms with E-state index in [0.29, 0.717) is 6.54 Å². The summed E-state index contributed by atoms with van der Waals surface area (Å²) in [7, 11) is 5.50. The molecule has 1 N–H and O–H groups in total. The quantitative estimate of drug-likeness (QED) is 0.421. The van der Waals surface area contributed by atoms with Gasteiger partial charge in [-0.05, 0) is 31.5 Å². The Morgan fingerprint density at radius 2 is 1.96 bits per heavy atom. The fourth-order valence-corrected chi connectivity index (χ4v) is 3.11. The first kappa shape index (κ1) is 20.7. The molecule has 24 heavy (non-hydrogen) atoms. The zero-order valence-electron chi connectivity index (χ0n) is 14.8. The highest BCUT2D eigenvalue weighted by molar-refractivity contribution is 14.0. The Bertz CT molecular complexity index is 650. The Morgan fingerprint density at radius 1 is 1.29 bits per heavy atom. The number of aliphatic imine (C=N–C) groups is 1. The van der Waals surface area contributed by atoms with E-state index in [9.17, 15) is 0 Å². The summed E-state index contributed by atoms with van der Waals surface area (Å²) in [5.74, 6) is 1.72. The summed E-state index contributed by atoms with van der Waals surface area (Å²) in [4.78, 5) is 12.3. The number of rotatable bonds is 5. The molecule has 5 nitrogen and oxygen atoms in total. The molecule has 0 radical (unpaired) electrons. The lowest BCUT2D eigenvalue weighted by atomic mass is 10.2. The highest BCUT2D eigenvalue weighted by atomic mass is 127. The standard InChI is InChI=1S/C17H24N4OS.HI/c1-12-13(2)23-16(20-12)10-19-17(18-3)21(4)11-14-6-8-15(22-5)9-7-14;/h6-9H,10-11H2,1-5H3,(H,18,19);1H. The average molecular weight is 460 g/mol.